The zero-order valence-electron chi connectivity index (χ0n) is 24.1. The molecule has 10 nitrogen and oxygen atoms in total. The molecule has 3 rings (SSSR count). The molecule has 2 aliphatic heterocycles. The fourth-order valence-corrected chi connectivity index (χ4v) is 5.65. The van der Waals surface area contributed by atoms with E-state index in [0.717, 1.165) is 13.1 Å². The van der Waals surface area contributed by atoms with Gasteiger partial charge in [0.2, 0.25) is 10.0 Å². The van der Waals surface area contributed by atoms with Crippen LogP contribution in [0.4, 0.5) is 4.79 Å². The summed E-state index contributed by atoms with van der Waals surface area (Å²) in [6.45, 7) is 8.48. The Labute approximate surface area is 238 Å². The Kier molecular flexibility index (Phi) is 11.3. The average molecular weight is 578 g/mol. The molecule has 1 amide bonds. The van der Waals surface area contributed by atoms with Gasteiger partial charge in [-0.2, -0.15) is 0 Å². The Morgan fingerprint density at radius 3 is 2.52 bits per heavy atom. The second-order valence-electron chi connectivity index (χ2n) is 10.9. The van der Waals surface area contributed by atoms with E-state index in [1.54, 1.807) is 29.2 Å². The van der Waals surface area contributed by atoms with Crippen LogP contribution in [0.25, 0.3) is 6.08 Å². The summed E-state index contributed by atoms with van der Waals surface area (Å²) in [6, 6.07) is 6.48. The van der Waals surface area contributed by atoms with Crippen molar-refractivity contribution in [2.45, 2.75) is 63.2 Å². The fraction of sp³-hybridized carbons (Fsp3) is 0.586. The van der Waals surface area contributed by atoms with Gasteiger partial charge in [-0.05, 0) is 69.1 Å². The monoisotopic (exact) mass is 577 g/mol. The highest BCUT2D eigenvalue weighted by Gasteiger charge is 2.29. The van der Waals surface area contributed by atoms with Gasteiger partial charge in [0, 0.05) is 32.1 Å². The number of hydrogen-bond donors (Lipinski definition) is 2. The lowest BCUT2D eigenvalue weighted by Crippen LogP contribution is -2.48. The van der Waals surface area contributed by atoms with Crippen LogP contribution in [-0.2, 0) is 24.3 Å². The molecule has 1 saturated heterocycles. The Morgan fingerprint density at radius 2 is 1.85 bits per heavy atom. The van der Waals surface area contributed by atoms with Crippen LogP contribution in [0.1, 0.15) is 45.6 Å². The van der Waals surface area contributed by atoms with E-state index < -0.39 is 34.3 Å². The largest absolute Gasteiger partial charge is 0.457 e. The molecule has 2 N–H and O–H groups in total. The second-order valence-corrected chi connectivity index (χ2v) is 12.8. The number of ether oxygens (including phenoxy) is 2. The molecule has 40 heavy (non-hydrogen) atoms. The van der Waals surface area contributed by atoms with Crippen molar-refractivity contribution in [3.05, 3.63) is 47.6 Å². The summed E-state index contributed by atoms with van der Waals surface area (Å²) < 4.78 is 38.6. The summed E-state index contributed by atoms with van der Waals surface area (Å²) in [5.74, 6) is -0.877. The molecule has 0 aliphatic carbocycles. The fourth-order valence-electron chi connectivity index (χ4n) is 4.86. The standard InChI is InChI=1S/C29H43N3O7S/c1-20-9-11-24(33)19-27(34)39-28(22(3)17-23-7-6-8-25(18-23)40(36,37)30-4)21(2)10-12-26(20)38-29(35)32-15-13-31(5)14-16-32/h6-8,10,12,17-18,20-21,24,26,28,30,33H,9,11,13-16,19H2,1-5H3/b12-10+,22-17+/t20-,21+,24+,26+,28+/m1/s1. The molecule has 1 fully saturated rings. The predicted octanol–water partition coefficient (Wildman–Crippen LogP) is 3.04. The molecular formula is C29H43N3O7S. The number of aliphatic hydroxyl groups excluding tert-OH is 1. The molecule has 5 atom stereocenters. The van der Waals surface area contributed by atoms with Crippen LogP contribution in [0.2, 0.25) is 0 Å². The number of likely N-dealkylation sites (N-methyl/N-ethyl adjacent to an activating group) is 1. The highest BCUT2D eigenvalue weighted by molar-refractivity contribution is 7.89. The van der Waals surface area contributed by atoms with Crippen LogP contribution >= 0.6 is 0 Å². The third-order valence-corrected chi connectivity index (χ3v) is 8.95. The molecule has 1 aromatic rings. The molecule has 2 aliphatic rings. The van der Waals surface area contributed by atoms with E-state index in [9.17, 15) is 23.1 Å². The molecule has 222 valence electrons. The number of piperazine rings is 1. The van der Waals surface area contributed by atoms with Crippen LogP contribution in [-0.4, -0.2) is 94.0 Å². The van der Waals surface area contributed by atoms with Crippen molar-refractivity contribution >= 4 is 28.2 Å². The molecule has 0 unspecified atom stereocenters. The van der Waals surface area contributed by atoms with Crippen molar-refractivity contribution in [1.82, 2.24) is 14.5 Å². The number of carbonyl (C=O) groups excluding carboxylic acids is 2. The van der Waals surface area contributed by atoms with E-state index in [1.165, 1.54) is 13.1 Å². The van der Waals surface area contributed by atoms with E-state index >= 15 is 0 Å². The van der Waals surface area contributed by atoms with Crippen LogP contribution in [0.5, 0.6) is 0 Å². The van der Waals surface area contributed by atoms with E-state index in [1.807, 2.05) is 40.0 Å². The smallest absolute Gasteiger partial charge is 0.410 e. The number of esters is 1. The van der Waals surface area contributed by atoms with Crippen molar-refractivity contribution in [2.24, 2.45) is 11.8 Å². The zero-order valence-corrected chi connectivity index (χ0v) is 24.9. The lowest BCUT2D eigenvalue weighted by Gasteiger charge is -2.33. The predicted molar refractivity (Wildman–Crippen MR) is 153 cm³/mol. The van der Waals surface area contributed by atoms with Gasteiger partial charge < -0.3 is 24.4 Å². The van der Waals surface area contributed by atoms with Crippen molar-refractivity contribution in [3.63, 3.8) is 0 Å². The van der Waals surface area contributed by atoms with E-state index in [4.69, 9.17) is 9.47 Å². The van der Waals surface area contributed by atoms with Crippen molar-refractivity contribution in [2.75, 3.05) is 40.3 Å². The third kappa shape index (κ3) is 8.89. The Bertz CT molecular complexity index is 1190. The number of nitrogens with zero attached hydrogens (tertiary/aromatic N) is 2. The van der Waals surface area contributed by atoms with Crippen LogP contribution < -0.4 is 4.72 Å². The quantitative estimate of drug-likeness (QED) is 0.404. The maximum atomic E-state index is 13.0. The van der Waals surface area contributed by atoms with Crippen LogP contribution in [0.3, 0.4) is 0 Å². The number of nitrogens with one attached hydrogen (secondary N) is 1. The maximum absolute atomic E-state index is 13.0. The van der Waals surface area contributed by atoms with Gasteiger partial charge in [-0.15, -0.1) is 0 Å². The number of sulfonamides is 1. The minimum atomic E-state index is -3.62. The number of aliphatic hydroxyl groups is 1. The second kappa shape index (κ2) is 14.2. The van der Waals surface area contributed by atoms with Gasteiger partial charge in [0.1, 0.15) is 12.2 Å². The SMILES string of the molecule is CNS(=O)(=O)c1cccc(/C=C(\C)[C@H]2OC(=O)C[C@@H](O)CC[C@@H](C)[C@@H](OC(=O)N3CCN(C)CC3)/C=C/[C@@H]2C)c1. The van der Waals surface area contributed by atoms with Crippen LogP contribution in [0.15, 0.2) is 46.9 Å². The maximum Gasteiger partial charge on any atom is 0.410 e. The number of cyclic esters (lactones) is 1. The van der Waals surface area contributed by atoms with Gasteiger partial charge in [0.25, 0.3) is 0 Å². The van der Waals surface area contributed by atoms with Crippen molar-refractivity contribution < 1.29 is 32.6 Å². The first kappa shape index (κ1) is 31.8. The summed E-state index contributed by atoms with van der Waals surface area (Å²) in [6.07, 6.45) is 3.91. The lowest BCUT2D eigenvalue weighted by atomic mass is 9.91. The minimum absolute atomic E-state index is 0.0723. The zero-order chi connectivity index (χ0) is 29.4. The number of rotatable bonds is 5. The number of benzene rings is 1. The lowest BCUT2D eigenvalue weighted by molar-refractivity contribution is -0.151. The minimum Gasteiger partial charge on any atom is -0.457 e. The number of carbonyl (C=O) groups is 2. The average Bonchev–Trinajstić information content (AvgIpc) is 2.92. The third-order valence-electron chi connectivity index (χ3n) is 7.54. The first-order valence-electron chi connectivity index (χ1n) is 13.8. The summed E-state index contributed by atoms with van der Waals surface area (Å²) in [5, 5.41) is 10.5. The van der Waals surface area contributed by atoms with E-state index in [0.29, 0.717) is 37.1 Å². The molecule has 0 aromatic heterocycles. The van der Waals surface area contributed by atoms with Crippen molar-refractivity contribution in [3.8, 4) is 0 Å². The summed E-state index contributed by atoms with van der Waals surface area (Å²) >= 11 is 0. The first-order valence-corrected chi connectivity index (χ1v) is 15.3. The molecule has 1 aromatic carbocycles. The van der Waals surface area contributed by atoms with Gasteiger partial charge >= 0.3 is 12.1 Å². The van der Waals surface area contributed by atoms with Gasteiger partial charge in [0.05, 0.1) is 17.4 Å². The molecule has 0 saturated carbocycles. The highest BCUT2D eigenvalue weighted by atomic mass is 32.2. The molecular weight excluding hydrogens is 534 g/mol. The Hall–Kier alpha value is -2.73. The van der Waals surface area contributed by atoms with E-state index in [-0.39, 0.29) is 29.2 Å². The Morgan fingerprint density at radius 1 is 1.15 bits per heavy atom. The molecule has 0 radical (unpaired) electrons. The summed E-state index contributed by atoms with van der Waals surface area (Å²) in [4.78, 5) is 29.7. The van der Waals surface area contributed by atoms with Gasteiger partial charge in [-0.25, -0.2) is 17.9 Å². The van der Waals surface area contributed by atoms with Crippen molar-refractivity contribution in [1.29, 1.82) is 0 Å². The Balaban J connectivity index is 1.87. The number of hydrogen-bond acceptors (Lipinski definition) is 8. The van der Waals surface area contributed by atoms with Crippen LogP contribution in [0, 0.1) is 11.8 Å². The van der Waals surface area contributed by atoms with Gasteiger partial charge in [0.15, 0.2) is 0 Å². The molecule has 2 heterocycles. The summed E-state index contributed by atoms with van der Waals surface area (Å²) in [7, 11) is -0.242. The van der Waals surface area contributed by atoms with E-state index in [2.05, 4.69) is 9.62 Å². The molecule has 0 bridgehead atoms. The van der Waals surface area contributed by atoms with Gasteiger partial charge in [-0.1, -0.05) is 38.1 Å². The first-order chi connectivity index (χ1) is 18.9. The highest BCUT2D eigenvalue weighted by Crippen LogP contribution is 2.26. The molecule has 11 heteroatoms. The van der Waals surface area contributed by atoms with Gasteiger partial charge in [-0.3, -0.25) is 4.79 Å². The normalized spacial score (nSPS) is 28.6. The topological polar surface area (TPSA) is 125 Å². The summed E-state index contributed by atoms with van der Waals surface area (Å²) in [5.41, 5.74) is 1.34. The molecule has 0 spiro atoms. The number of amides is 1.